The van der Waals surface area contributed by atoms with Gasteiger partial charge < -0.3 is 30.1 Å². The zero-order valence-corrected chi connectivity index (χ0v) is 19.6. The number of carbonyl (C=O) groups is 3. The first-order valence-electron chi connectivity index (χ1n) is 10.6. The molecule has 32 heavy (non-hydrogen) atoms. The Balaban J connectivity index is 2.00. The van der Waals surface area contributed by atoms with Crippen LogP contribution >= 0.6 is 11.8 Å². The van der Waals surface area contributed by atoms with Gasteiger partial charge in [0.15, 0.2) is 0 Å². The molecule has 2 rings (SSSR count). The van der Waals surface area contributed by atoms with Gasteiger partial charge in [0.25, 0.3) is 0 Å². The molecule has 0 spiro atoms. The van der Waals surface area contributed by atoms with Crippen molar-refractivity contribution in [3.8, 4) is 0 Å². The maximum Gasteiger partial charge on any atom is 0.408 e. The summed E-state index contributed by atoms with van der Waals surface area (Å²) in [7, 11) is 3.10. The van der Waals surface area contributed by atoms with E-state index in [1.165, 1.54) is 11.9 Å². The fourth-order valence-corrected chi connectivity index (χ4v) is 4.23. The van der Waals surface area contributed by atoms with Crippen LogP contribution in [0.3, 0.4) is 0 Å². The molecule has 9 nitrogen and oxygen atoms in total. The molecular weight excluding hydrogens is 434 g/mol. The molecule has 0 saturated heterocycles. The van der Waals surface area contributed by atoms with E-state index in [9.17, 15) is 19.5 Å². The third-order valence-corrected chi connectivity index (χ3v) is 6.30. The second-order valence-electron chi connectivity index (χ2n) is 7.79. The van der Waals surface area contributed by atoms with Gasteiger partial charge in [0.05, 0.1) is 12.1 Å². The quantitative estimate of drug-likeness (QED) is 0.484. The molecular formula is C22H33N3O6S. The molecule has 3 N–H and O–H groups in total. The highest BCUT2D eigenvalue weighted by Gasteiger charge is 2.37. The van der Waals surface area contributed by atoms with Crippen LogP contribution in [-0.2, 0) is 20.9 Å². The van der Waals surface area contributed by atoms with Gasteiger partial charge in [-0.1, -0.05) is 30.3 Å². The summed E-state index contributed by atoms with van der Waals surface area (Å²) in [6, 6.07) is 7.72. The van der Waals surface area contributed by atoms with Gasteiger partial charge in [0, 0.05) is 20.2 Å². The third-order valence-electron chi connectivity index (χ3n) is 5.66. The van der Waals surface area contributed by atoms with Gasteiger partial charge in [-0.2, -0.15) is 11.8 Å². The van der Waals surface area contributed by atoms with Crippen molar-refractivity contribution in [1.82, 2.24) is 15.5 Å². The lowest BCUT2D eigenvalue weighted by molar-refractivity contribution is -0.125. The Kier molecular flexibility index (Phi) is 10.6. The number of nitrogens with zero attached hydrogens (tertiary/aromatic N) is 1. The van der Waals surface area contributed by atoms with Crippen LogP contribution < -0.4 is 10.6 Å². The van der Waals surface area contributed by atoms with E-state index in [2.05, 4.69) is 10.6 Å². The van der Waals surface area contributed by atoms with Gasteiger partial charge in [-0.3, -0.25) is 4.79 Å². The van der Waals surface area contributed by atoms with Gasteiger partial charge in [-0.15, -0.1) is 0 Å². The van der Waals surface area contributed by atoms with Crippen molar-refractivity contribution in [3.63, 3.8) is 0 Å². The van der Waals surface area contributed by atoms with Gasteiger partial charge in [-0.25, -0.2) is 9.59 Å². The van der Waals surface area contributed by atoms with Crippen LogP contribution in [0.2, 0.25) is 0 Å². The highest BCUT2D eigenvalue weighted by Crippen LogP contribution is 2.25. The van der Waals surface area contributed by atoms with Crippen LogP contribution in [0.5, 0.6) is 0 Å². The number of likely N-dealkylation sites (N-methyl/N-ethyl adjacent to an activating group) is 1. The lowest BCUT2D eigenvalue weighted by Crippen LogP contribution is -2.59. The molecule has 0 bridgehead atoms. The number of carboxylic acid groups (broad SMARTS) is 1. The average Bonchev–Trinajstić information content (AvgIpc) is 2.80. The molecule has 1 aliphatic rings. The van der Waals surface area contributed by atoms with E-state index in [1.807, 2.05) is 36.6 Å². The van der Waals surface area contributed by atoms with Gasteiger partial charge in [-0.05, 0) is 43.3 Å². The van der Waals surface area contributed by atoms with Gasteiger partial charge >= 0.3 is 12.2 Å². The molecule has 4 atom stereocenters. The van der Waals surface area contributed by atoms with Crippen molar-refractivity contribution in [1.29, 1.82) is 0 Å². The van der Waals surface area contributed by atoms with Crippen LogP contribution in [-0.4, -0.2) is 78.5 Å². The number of alkyl carbamates (subject to hydrolysis) is 1. The molecule has 0 radical (unpaired) electrons. The molecule has 1 aromatic carbocycles. The van der Waals surface area contributed by atoms with E-state index in [0.29, 0.717) is 31.4 Å². The Morgan fingerprint density at radius 2 is 1.97 bits per heavy atom. The summed E-state index contributed by atoms with van der Waals surface area (Å²) in [5, 5.41) is 15.1. The minimum atomic E-state index is -1.06. The fourth-order valence-electron chi connectivity index (χ4n) is 3.76. The van der Waals surface area contributed by atoms with E-state index >= 15 is 0 Å². The molecule has 0 heterocycles. The Labute approximate surface area is 193 Å². The summed E-state index contributed by atoms with van der Waals surface area (Å²) >= 11 is 1.57. The first-order valence-corrected chi connectivity index (χ1v) is 12.0. The lowest BCUT2D eigenvalue weighted by atomic mass is 9.87. The van der Waals surface area contributed by atoms with Crippen LogP contribution in [0, 0.1) is 0 Å². The fraction of sp³-hybridized carbons (Fsp3) is 0.591. The minimum absolute atomic E-state index is 0.0617. The predicted molar refractivity (Wildman–Crippen MR) is 123 cm³/mol. The number of nitrogens with one attached hydrogen (secondary N) is 2. The van der Waals surface area contributed by atoms with E-state index in [4.69, 9.17) is 9.47 Å². The molecule has 1 saturated carbocycles. The first kappa shape index (κ1) is 25.8. The molecule has 0 unspecified atom stereocenters. The Morgan fingerprint density at radius 3 is 2.59 bits per heavy atom. The van der Waals surface area contributed by atoms with Gasteiger partial charge in [0.1, 0.15) is 12.6 Å². The van der Waals surface area contributed by atoms with Gasteiger partial charge in [0.2, 0.25) is 5.91 Å². The number of hydrogen-bond donors (Lipinski definition) is 3. The summed E-state index contributed by atoms with van der Waals surface area (Å²) in [6.45, 7) is 0.107. The van der Waals surface area contributed by atoms with Crippen LogP contribution in [0.4, 0.5) is 9.59 Å². The Morgan fingerprint density at radius 1 is 1.25 bits per heavy atom. The SMILES string of the molecule is CO[C@@H]1CC[C@H](NC(=O)[C@H](CCSC)NC(=O)OCc2ccccc2)[C@@H](N(C)C(=O)O)C1. The number of ether oxygens (including phenoxy) is 2. The molecule has 1 aliphatic carbocycles. The number of carbonyl (C=O) groups excluding carboxylic acids is 2. The molecule has 1 aromatic rings. The number of hydrogen-bond acceptors (Lipinski definition) is 6. The highest BCUT2D eigenvalue weighted by atomic mass is 32.2. The molecule has 3 amide bonds. The van der Waals surface area contributed by atoms with E-state index in [-0.39, 0.29) is 24.7 Å². The van der Waals surface area contributed by atoms with Crippen molar-refractivity contribution >= 4 is 29.9 Å². The van der Waals surface area contributed by atoms with Crippen molar-refractivity contribution in [2.24, 2.45) is 0 Å². The molecule has 0 aliphatic heterocycles. The van der Waals surface area contributed by atoms with Crippen molar-refractivity contribution < 1.29 is 29.0 Å². The number of thioether (sulfide) groups is 1. The second kappa shape index (κ2) is 13.2. The van der Waals surface area contributed by atoms with E-state index in [0.717, 1.165) is 5.56 Å². The van der Waals surface area contributed by atoms with E-state index < -0.39 is 24.3 Å². The smallest absolute Gasteiger partial charge is 0.408 e. The second-order valence-corrected chi connectivity index (χ2v) is 8.77. The largest absolute Gasteiger partial charge is 0.465 e. The van der Waals surface area contributed by atoms with E-state index in [1.54, 1.807) is 18.9 Å². The number of benzene rings is 1. The number of rotatable bonds is 10. The topological polar surface area (TPSA) is 117 Å². The monoisotopic (exact) mass is 467 g/mol. The molecule has 178 valence electrons. The minimum Gasteiger partial charge on any atom is -0.465 e. The summed E-state index contributed by atoms with van der Waals surface area (Å²) in [6.07, 6.45) is 2.35. The normalized spacial score (nSPS) is 21.3. The highest BCUT2D eigenvalue weighted by molar-refractivity contribution is 7.98. The standard InChI is InChI=1S/C22H33N3O6S/c1-25(22(28)29)19-13-16(30-2)9-10-17(19)23-20(26)18(11-12-32-3)24-21(27)31-14-15-7-5-4-6-8-15/h4-8,16-19H,9-14H2,1-3H3,(H,23,26)(H,24,27)(H,28,29)/t16-,17+,18+,19+/m1/s1. The molecule has 1 fully saturated rings. The first-order chi connectivity index (χ1) is 15.3. The summed E-state index contributed by atoms with van der Waals surface area (Å²) < 4.78 is 10.7. The van der Waals surface area contributed by atoms with Crippen molar-refractivity contribution in [3.05, 3.63) is 35.9 Å². The van der Waals surface area contributed by atoms with Crippen molar-refractivity contribution in [2.45, 2.75) is 56.5 Å². The maximum absolute atomic E-state index is 13.0. The van der Waals surface area contributed by atoms with Crippen LogP contribution in [0.15, 0.2) is 30.3 Å². The average molecular weight is 468 g/mol. The maximum atomic E-state index is 13.0. The van der Waals surface area contributed by atoms with Crippen LogP contribution in [0.25, 0.3) is 0 Å². The van der Waals surface area contributed by atoms with Crippen LogP contribution in [0.1, 0.15) is 31.2 Å². The predicted octanol–water partition coefficient (Wildman–Crippen LogP) is 2.70. The Bertz CT molecular complexity index is 750. The third kappa shape index (κ3) is 7.90. The number of amides is 3. The van der Waals surface area contributed by atoms with Crippen molar-refractivity contribution in [2.75, 3.05) is 26.2 Å². The summed E-state index contributed by atoms with van der Waals surface area (Å²) in [4.78, 5) is 38.1. The number of methoxy groups -OCH3 is 1. The lowest BCUT2D eigenvalue weighted by Gasteiger charge is -2.40. The summed E-state index contributed by atoms with van der Waals surface area (Å²) in [5.41, 5.74) is 0.849. The Hall–Kier alpha value is -2.46. The molecule has 10 heteroatoms. The molecule has 0 aromatic heterocycles. The zero-order chi connectivity index (χ0) is 23.5. The zero-order valence-electron chi connectivity index (χ0n) is 18.8. The summed E-state index contributed by atoms with van der Waals surface area (Å²) in [5.74, 6) is 0.326.